The third kappa shape index (κ3) is 4.78. The number of ether oxygens (including phenoxy) is 1. The van der Waals surface area contributed by atoms with Crippen LogP contribution in [0, 0.1) is 6.92 Å². The molecule has 0 saturated carbocycles. The number of rotatable bonds is 6. The predicted molar refractivity (Wildman–Crippen MR) is 90.8 cm³/mol. The summed E-state index contributed by atoms with van der Waals surface area (Å²) in [5.41, 5.74) is 3.02. The molecule has 0 radical (unpaired) electrons. The van der Waals surface area contributed by atoms with Crippen LogP contribution in [-0.2, 0) is 11.2 Å². The Balaban J connectivity index is 1.79. The molecule has 2 aromatic rings. The Morgan fingerprint density at radius 3 is 2.55 bits per heavy atom. The van der Waals surface area contributed by atoms with Crippen LogP contribution in [0.2, 0.25) is 5.02 Å². The standard InChI is InChI=1S/C18H20ClNO2/c1-3-14-4-7-16(8-5-14)20-18(21)10-11-22-17-9-6-15(19)12-13(17)2/h4-9,12H,3,10-11H2,1-2H3,(H,20,21). The Labute approximate surface area is 136 Å². The summed E-state index contributed by atoms with van der Waals surface area (Å²) in [5.74, 6) is 0.695. The van der Waals surface area contributed by atoms with Gasteiger partial charge in [0.15, 0.2) is 0 Å². The van der Waals surface area contributed by atoms with Gasteiger partial charge in [-0.15, -0.1) is 0 Å². The topological polar surface area (TPSA) is 38.3 Å². The summed E-state index contributed by atoms with van der Waals surface area (Å²) >= 11 is 5.89. The molecule has 2 rings (SSSR count). The summed E-state index contributed by atoms with van der Waals surface area (Å²) in [4.78, 5) is 11.9. The van der Waals surface area contributed by atoms with E-state index in [1.807, 2.05) is 43.3 Å². The molecule has 3 nitrogen and oxygen atoms in total. The number of anilines is 1. The van der Waals surface area contributed by atoms with Gasteiger partial charge in [0.2, 0.25) is 5.91 Å². The zero-order valence-electron chi connectivity index (χ0n) is 12.9. The number of carbonyl (C=O) groups is 1. The highest BCUT2D eigenvalue weighted by atomic mass is 35.5. The van der Waals surface area contributed by atoms with Crippen LogP contribution < -0.4 is 10.1 Å². The zero-order valence-corrected chi connectivity index (χ0v) is 13.6. The summed E-state index contributed by atoms with van der Waals surface area (Å²) in [6.45, 7) is 4.36. The number of aryl methyl sites for hydroxylation is 2. The fraction of sp³-hybridized carbons (Fsp3) is 0.278. The van der Waals surface area contributed by atoms with Crippen molar-refractivity contribution in [3.05, 3.63) is 58.6 Å². The van der Waals surface area contributed by atoms with Gasteiger partial charge in [-0.05, 0) is 54.8 Å². The summed E-state index contributed by atoms with van der Waals surface area (Å²) in [5, 5.41) is 3.54. The lowest BCUT2D eigenvalue weighted by Gasteiger charge is -2.10. The second kappa shape index (κ2) is 7.85. The van der Waals surface area contributed by atoms with Gasteiger partial charge in [-0.2, -0.15) is 0 Å². The third-order valence-electron chi connectivity index (χ3n) is 3.37. The van der Waals surface area contributed by atoms with Gasteiger partial charge in [0.05, 0.1) is 13.0 Å². The summed E-state index contributed by atoms with van der Waals surface area (Å²) < 4.78 is 5.62. The van der Waals surface area contributed by atoms with Crippen LogP contribution in [0.25, 0.3) is 0 Å². The maximum Gasteiger partial charge on any atom is 0.227 e. The van der Waals surface area contributed by atoms with Crippen molar-refractivity contribution in [2.75, 3.05) is 11.9 Å². The first kappa shape index (κ1) is 16.4. The van der Waals surface area contributed by atoms with Gasteiger partial charge in [0, 0.05) is 10.7 Å². The number of benzene rings is 2. The number of nitrogens with one attached hydrogen (secondary N) is 1. The number of carbonyl (C=O) groups excluding carboxylic acids is 1. The number of amides is 1. The normalized spacial score (nSPS) is 10.3. The van der Waals surface area contributed by atoms with Crippen molar-refractivity contribution in [3.8, 4) is 5.75 Å². The van der Waals surface area contributed by atoms with Crippen LogP contribution in [0.1, 0.15) is 24.5 Å². The third-order valence-corrected chi connectivity index (χ3v) is 3.60. The molecule has 1 N–H and O–H groups in total. The second-order valence-corrected chi connectivity index (χ2v) is 5.54. The smallest absolute Gasteiger partial charge is 0.227 e. The first-order valence-corrected chi connectivity index (χ1v) is 7.74. The Morgan fingerprint density at radius 2 is 1.91 bits per heavy atom. The molecule has 0 aromatic heterocycles. The van der Waals surface area contributed by atoms with Crippen molar-refractivity contribution >= 4 is 23.2 Å². The summed E-state index contributed by atoms with van der Waals surface area (Å²) in [6.07, 6.45) is 1.29. The Hall–Kier alpha value is -2.00. The van der Waals surface area contributed by atoms with Crippen molar-refractivity contribution in [1.29, 1.82) is 0 Å². The Kier molecular flexibility index (Phi) is 5.84. The quantitative estimate of drug-likeness (QED) is 0.844. The van der Waals surface area contributed by atoms with Gasteiger partial charge in [-0.25, -0.2) is 0 Å². The van der Waals surface area contributed by atoms with Crippen molar-refractivity contribution < 1.29 is 9.53 Å². The Morgan fingerprint density at radius 1 is 1.18 bits per heavy atom. The van der Waals surface area contributed by atoms with Crippen LogP contribution in [0.4, 0.5) is 5.69 Å². The molecule has 0 saturated heterocycles. The van der Waals surface area contributed by atoms with Crippen molar-refractivity contribution in [1.82, 2.24) is 0 Å². The summed E-state index contributed by atoms with van der Waals surface area (Å²) in [6, 6.07) is 13.3. The maximum atomic E-state index is 11.9. The molecule has 0 spiro atoms. The Bertz CT molecular complexity index is 638. The van der Waals surface area contributed by atoms with Crippen LogP contribution in [0.15, 0.2) is 42.5 Å². The van der Waals surface area contributed by atoms with E-state index in [1.165, 1.54) is 5.56 Å². The van der Waals surface area contributed by atoms with Gasteiger partial charge < -0.3 is 10.1 Å². The van der Waals surface area contributed by atoms with Crippen LogP contribution in [0.5, 0.6) is 5.75 Å². The van der Waals surface area contributed by atoms with Gasteiger partial charge in [0.1, 0.15) is 5.75 Å². The molecular formula is C18H20ClNO2. The van der Waals surface area contributed by atoms with Crippen LogP contribution >= 0.6 is 11.6 Å². The van der Waals surface area contributed by atoms with E-state index in [9.17, 15) is 4.79 Å². The molecule has 22 heavy (non-hydrogen) atoms. The van der Waals surface area contributed by atoms with Crippen molar-refractivity contribution in [3.63, 3.8) is 0 Å². The zero-order chi connectivity index (χ0) is 15.9. The molecule has 4 heteroatoms. The number of hydrogen-bond donors (Lipinski definition) is 1. The molecule has 0 aliphatic rings. The molecule has 0 fully saturated rings. The summed E-state index contributed by atoms with van der Waals surface area (Å²) in [7, 11) is 0. The van der Waals surface area contributed by atoms with Gasteiger partial charge in [-0.1, -0.05) is 30.7 Å². The average molecular weight is 318 g/mol. The molecule has 0 bridgehead atoms. The van der Waals surface area contributed by atoms with Gasteiger partial charge in [-0.3, -0.25) is 4.79 Å². The van der Waals surface area contributed by atoms with E-state index >= 15 is 0 Å². The molecule has 0 aliphatic heterocycles. The van der Waals surface area contributed by atoms with E-state index in [1.54, 1.807) is 6.07 Å². The minimum Gasteiger partial charge on any atom is -0.493 e. The lowest BCUT2D eigenvalue weighted by molar-refractivity contribution is -0.116. The molecule has 0 aliphatic carbocycles. The highest BCUT2D eigenvalue weighted by molar-refractivity contribution is 6.30. The van der Waals surface area contributed by atoms with E-state index < -0.39 is 0 Å². The van der Waals surface area contributed by atoms with E-state index in [4.69, 9.17) is 16.3 Å². The van der Waals surface area contributed by atoms with E-state index in [0.29, 0.717) is 18.1 Å². The minimum absolute atomic E-state index is 0.0594. The lowest BCUT2D eigenvalue weighted by atomic mass is 10.1. The fourth-order valence-electron chi connectivity index (χ4n) is 2.08. The first-order chi connectivity index (χ1) is 10.6. The molecule has 0 heterocycles. The largest absolute Gasteiger partial charge is 0.493 e. The van der Waals surface area contributed by atoms with Crippen molar-refractivity contribution in [2.45, 2.75) is 26.7 Å². The fourth-order valence-corrected chi connectivity index (χ4v) is 2.30. The molecule has 116 valence electrons. The van der Waals surface area contributed by atoms with Crippen molar-refractivity contribution in [2.24, 2.45) is 0 Å². The predicted octanol–water partition coefficient (Wildman–Crippen LogP) is 4.62. The number of hydrogen-bond acceptors (Lipinski definition) is 2. The highest BCUT2D eigenvalue weighted by Gasteiger charge is 2.05. The molecule has 0 unspecified atom stereocenters. The van der Waals surface area contributed by atoms with E-state index in [0.717, 1.165) is 23.4 Å². The van der Waals surface area contributed by atoms with Gasteiger partial charge in [0.25, 0.3) is 0 Å². The minimum atomic E-state index is -0.0594. The lowest BCUT2D eigenvalue weighted by Crippen LogP contribution is -2.15. The first-order valence-electron chi connectivity index (χ1n) is 7.36. The van der Waals surface area contributed by atoms with E-state index in [-0.39, 0.29) is 5.91 Å². The maximum absolute atomic E-state index is 11.9. The average Bonchev–Trinajstić information content (AvgIpc) is 2.50. The molecular weight excluding hydrogens is 298 g/mol. The SMILES string of the molecule is CCc1ccc(NC(=O)CCOc2ccc(Cl)cc2C)cc1. The molecule has 0 atom stereocenters. The monoisotopic (exact) mass is 317 g/mol. The second-order valence-electron chi connectivity index (χ2n) is 5.11. The number of halogens is 1. The molecule has 2 aromatic carbocycles. The van der Waals surface area contributed by atoms with E-state index in [2.05, 4.69) is 12.2 Å². The van der Waals surface area contributed by atoms with Gasteiger partial charge >= 0.3 is 0 Å². The highest BCUT2D eigenvalue weighted by Crippen LogP contribution is 2.21. The van der Waals surface area contributed by atoms with Crippen LogP contribution in [-0.4, -0.2) is 12.5 Å². The molecule has 1 amide bonds. The van der Waals surface area contributed by atoms with Crippen LogP contribution in [0.3, 0.4) is 0 Å².